The third-order valence-electron chi connectivity index (χ3n) is 3.76. The number of aryl methyl sites for hydroxylation is 1. The van der Waals surface area contributed by atoms with Crippen LogP contribution in [0.2, 0.25) is 0 Å². The smallest absolute Gasteiger partial charge is 0.305 e. The van der Waals surface area contributed by atoms with Crippen LogP contribution in [0.4, 0.5) is 0 Å². The predicted molar refractivity (Wildman–Crippen MR) is 95.7 cm³/mol. The van der Waals surface area contributed by atoms with Gasteiger partial charge in [-0.25, -0.2) is 0 Å². The van der Waals surface area contributed by atoms with Gasteiger partial charge in [-0.05, 0) is 36.1 Å². The molecule has 0 atom stereocenters. The number of ether oxygens (including phenoxy) is 2. The van der Waals surface area contributed by atoms with Crippen molar-refractivity contribution in [2.75, 3.05) is 13.7 Å². The summed E-state index contributed by atoms with van der Waals surface area (Å²) in [5.41, 5.74) is 1.96. The molecule has 0 aromatic heterocycles. The molecule has 1 N–H and O–H groups in total. The van der Waals surface area contributed by atoms with E-state index in [0.29, 0.717) is 25.8 Å². The highest BCUT2D eigenvalue weighted by Gasteiger charge is 2.10. The maximum atomic E-state index is 11.4. The van der Waals surface area contributed by atoms with Gasteiger partial charge in [0.15, 0.2) is 0 Å². The third kappa shape index (κ3) is 5.95. The Hall–Kier alpha value is -2.82. The van der Waals surface area contributed by atoms with E-state index < -0.39 is 0 Å². The quantitative estimate of drug-likeness (QED) is 0.749. The summed E-state index contributed by atoms with van der Waals surface area (Å²) >= 11 is 0. The van der Waals surface area contributed by atoms with E-state index in [0.717, 1.165) is 22.6 Å². The summed E-state index contributed by atoms with van der Waals surface area (Å²) in [4.78, 5) is 22.4. The van der Waals surface area contributed by atoms with Crippen molar-refractivity contribution < 1.29 is 19.1 Å². The van der Waals surface area contributed by atoms with Crippen molar-refractivity contribution >= 4 is 11.9 Å². The predicted octanol–water partition coefficient (Wildman–Crippen LogP) is 3.26. The number of carbonyl (C=O) groups is 2. The molecule has 0 bridgehead atoms. The molecule has 0 aliphatic rings. The Morgan fingerprint density at radius 3 is 2.04 bits per heavy atom. The molecule has 0 saturated carbocycles. The summed E-state index contributed by atoms with van der Waals surface area (Å²) in [7, 11) is 1.38. The summed E-state index contributed by atoms with van der Waals surface area (Å²) in [6.07, 6.45) is 1.54. The number of hydrogen-bond donors (Lipinski definition) is 1. The number of esters is 1. The Labute approximate surface area is 148 Å². The van der Waals surface area contributed by atoms with E-state index in [1.165, 1.54) is 14.0 Å². The molecule has 0 fully saturated rings. The van der Waals surface area contributed by atoms with Crippen molar-refractivity contribution in [3.8, 4) is 11.5 Å². The maximum absolute atomic E-state index is 11.4. The standard InChI is InChI=1S/C20H23NO4/c1-15(22)21-14-13-17-8-4-6-10-19(17)25-18-9-5-3-7-16(18)11-12-20(23)24-2/h3-10H,11-14H2,1-2H3,(H,21,22). The van der Waals surface area contributed by atoms with Crippen LogP contribution in [-0.4, -0.2) is 25.5 Å². The maximum Gasteiger partial charge on any atom is 0.305 e. The van der Waals surface area contributed by atoms with Gasteiger partial charge in [-0.15, -0.1) is 0 Å². The van der Waals surface area contributed by atoms with Gasteiger partial charge in [-0.1, -0.05) is 36.4 Å². The number of nitrogens with one attached hydrogen (secondary N) is 1. The second-order valence-corrected chi connectivity index (χ2v) is 5.63. The molecular weight excluding hydrogens is 318 g/mol. The lowest BCUT2D eigenvalue weighted by Crippen LogP contribution is -2.22. The molecule has 0 aliphatic carbocycles. The average molecular weight is 341 g/mol. The zero-order chi connectivity index (χ0) is 18.1. The summed E-state index contributed by atoms with van der Waals surface area (Å²) < 4.78 is 10.8. The van der Waals surface area contributed by atoms with Crippen molar-refractivity contribution in [1.82, 2.24) is 5.32 Å². The minimum Gasteiger partial charge on any atom is -0.469 e. The second-order valence-electron chi connectivity index (χ2n) is 5.63. The lowest BCUT2D eigenvalue weighted by molar-refractivity contribution is -0.140. The van der Waals surface area contributed by atoms with Gasteiger partial charge >= 0.3 is 5.97 Å². The minimum atomic E-state index is -0.245. The van der Waals surface area contributed by atoms with Gasteiger partial charge in [-0.2, -0.15) is 0 Å². The fraction of sp³-hybridized carbons (Fsp3) is 0.300. The SMILES string of the molecule is COC(=O)CCc1ccccc1Oc1ccccc1CCNC(C)=O. The van der Waals surface area contributed by atoms with E-state index in [1.54, 1.807) is 0 Å². The number of carbonyl (C=O) groups excluding carboxylic acids is 2. The van der Waals surface area contributed by atoms with Gasteiger partial charge in [-0.3, -0.25) is 9.59 Å². The highest BCUT2D eigenvalue weighted by atomic mass is 16.5. The Bertz CT molecular complexity index is 727. The number of hydrogen-bond acceptors (Lipinski definition) is 4. The van der Waals surface area contributed by atoms with E-state index in [4.69, 9.17) is 9.47 Å². The topological polar surface area (TPSA) is 64.6 Å². The summed E-state index contributed by atoms with van der Waals surface area (Å²) in [5.74, 6) is 1.17. The second kappa shape index (κ2) is 9.47. The molecule has 1 amide bonds. The Kier molecular flexibility index (Phi) is 7.01. The zero-order valence-electron chi connectivity index (χ0n) is 14.6. The fourth-order valence-corrected chi connectivity index (χ4v) is 2.45. The summed E-state index contributed by atoms with van der Waals surface area (Å²) in [6, 6.07) is 15.4. The number of rotatable bonds is 8. The van der Waals surface area contributed by atoms with E-state index in [2.05, 4.69) is 5.32 Å². The fourth-order valence-electron chi connectivity index (χ4n) is 2.45. The van der Waals surface area contributed by atoms with Gasteiger partial charge in [0.1, 0.15) is 11.5 Å². The molecule has 132 valence electrons. The summed E-state index contributed by atoms with van der Waals surface area (Å²) in [5, 5.41) is 2.79. The van der Waals surface area contributed by atoms with Crippen LogP contribution in [0, 0.1) is 0 Å². The summed E-state index contributed by atoms with van der Waals surface area (Å²) in [6.45, 7) is 2.06. The molecule has 5 heteroatoms. The lowest BCUT2D eigenvalue weighted by Gasteiger charge is -2.14. The number of methoxy groups -OCH3 is 1. The van der Waals surface area contributed by atoms with Crippen LogP contribution in [0.5, 0.6) is 11.5 Å². The molecule has 5 nitrogen and oxygen atoms in total. The normalized spacial score (nSPS) is 10.2. The average Bonchev–Trinajstić information content (AvgIpc) is 2.61. The van der Waals surface area contributed by atoms with Gasteiger partial charge in [0.25, 0.3) is 0 Å². The largest absolute Gasteiger partial charge is 0.469 e. The molecule has 0 heterocycles. The van der Waals surface area contributed by atoms with Gasteiger partial charge in [0, 0.05) is 19.9 Å². The van der Waals surface area contributed by atoms with Crippen LogP contribution in [-0.2, 0) is 27.2 Å². The first-order valence-electron chi connectivity index (χ1n) is 8.25. The van der Waals surface area contributed by atoms with E-state index in [9.17, 15) is 9.59 Å². The first-order valence-corrected chi connectivity index (χ1v) is 8.25. The van der Waals surface area contributed by atoms with E-state index in [1.807, 2.05) is 48.5 Å². The van der Waals surface area contributed by atoms with Gasteiger partial charge in [0.05, 0.1) is 7.11 Å². The molecule has 0 unspecified atom stereocenters. The Balaban J connectivity index is 2.11. The van der Waals surface area contributed by atoms with Crippen molar-refractivity contribution in [2.45, 2.75) is 26.2 Å². The number of para-hydroxylation sites is 2. The zero-order valence-corrected chi connectivity index (χ0v) is 14.6. The van der Waals surface area contributed by atoms with Gasteiger partial charge in [0.2, 0.25) is 5.91 Å². The van der Waals surface area contributed by atoms with Crippen molar-refractivity contribution in [3.05, 3.63) is 59.7 Å². The van der Waals surface area contributed by atoms with Crippen molar-refractivity contribution in [2.24, 2.45) is 0 Å². The first-order chi connectivity index (χ1) is 12.1. The van der Waals surface area contributed by atoms with Crippen LogP contribution in [0.1, 0.15) is 24.5 Å². The van der Waals surface area contributed by atoms with Crippen molar-refractivity contribution in [3.63, 3.8) is 0 Å². The van der Waals surface area contributed by atoms with Crippen LogP contribution in [0.25, 0.3) is 0 Å². The number of amides is 1. The highest BCUT2D eigenvalue weighted by Crippen LogP contribution is 2.29. The molecule has 0 aliphatic heterocycles. The lowest BCUT2D eigenvalue weighted by atomic mass is 10.1. The van der Waals surface area contributed by atoms with Crippen LogP contribution >= 0.6 is 0 Å². The first kappa shape index (κ1) is 18.5. The van der Waals surface area contributed by atoms with Crippen LogP contribution < -0.4 is 10.1 Å². The Morgan fingerprint density at radius 1 is 0.920 bits per heavy atom. The molecule has 2 rings (SSSR count). The van der Waals surface area contributed by atoms with Crippen LogP contribution in [0.15, 0.2) is 48.5 Å². The molecule has 0 saturated heterocycles. The highest BCUT2D eigenvalue weighted by molar-refractivity contribution is 5.72. The Morgan fingerprint density at radius 2 is 1.48 bits per heavy atom. The monoisotopic (exact) mass is 341 g/mol. The van der Waals surface area contributed by atoms with Gasteiger partial charge < -0.3 is 14.8 Å². The minimum absolute atomic E-state index is 0.0495. The number of benzene rings is 2. The molecule has 0 spiro atoms. The molecule has 0 radical (unpaired) electrons. The molecular formula is C20H23NO4. The third-order valence-corrected chi connectivity index (χ3v) is 3.76. The van der Waals surface area contributed by atoms with Crippen LogP contribution in [0.3, 0.4) is 0 Å². The molecule has 25 heavy (non-hydrogen) atoms. The molecule has 2 aromatic carbocycles. The van der Waals surface area contributed by atoms with E-state index in [-0.39, 0.29) is 11.9 Å². The molecule has 2 aromatic rings. The van der Waals surface area contributed by atoms with E-state index >= 15 is 0 Å². The van der Waals surface area contributed by atoms with Crippen molar-refractivity contribution in [1.29, 1.82) is 0 Å².